The number of aromatic nitrogens is 1. The maximum atomic E-state index is 10.4. The lowest BCUT2D eigenvalue weighted by atomic mass is 9.60. The van der Waals surface area contributed by atoms with E-state index in [2.05, 4.69) is 51.4 Å². The summed E-state index contributed by atoms with van der Waals surface area (Å²) < 4.78 is 0. The van der Waals surface area contributed by atoms with Crippen LogP contribution in [0.1, 0.15) is 109 Å². The molecule has 0 unspecified atom stereocenters. The Morgan fingerprint density at radius 3 is 2.65 bits per heavy atom. The monoisotopic (exact) mass is 506 g/mol. The Labute approximate surface area is 225 Å². The second-order valence-corrected chi connectivity index (χ2v) is 12.4. The second-order valence-electron chi connectivity index (χ2n) is 12.4. The molecule has 0 bridgehead atoms. The van der Waals surface area contributed by atoms with Crippen molar-refractivity contribution in [1.82, 2.24) is 4.98 Å². The molecule has 4 nitrogen and oxygen atoms in total. The van der Waals surface area contributed by atoms with E-state index in [-0.39, 0.29) is 6.10 Å². The van der Waals surface area contributed by atoms with Crippen molar-refractivity contribution in [2.45, 2.75) is 104 Å². The van der Waals surface area contributed by atoms with Crippen LogP contribution in [0.5, 0.6) is 0 Å². The highest BCUT2D eigenvalue weighted by molar-refractivity contribution is 5.92. The smallest absolute Gasteiger partial charge is 0.250 e. The van der Waals surface area contributed by atoms with Crippen LogP contribution in [0.2, 0.25) is 0 Å². The molecule has 3 aliphatic carbocycles. The van der Waals surface area contributed by atoms with Gasteiger partial charge in [-0.05, 0) is 98.2 Å². The molecule has 0 aliphatic heterocycles. The molecule has 1 amide bonds. The number of rotatable bonds is 7. The fourth-order valence-electron chi connectivity index (χ4n) is 7.17. The summed E-state index contributed by atoms with van der Waals surface area (Å²) in [4.78, 5) is 14.1. The lowest BCUT2D eigenvalue weighted by Crippen LogP contribution is -2.36. The van der Waals surface area contributed by atoms with Gasteiger partial charge in [-0.1, -0.05) is 76.8 Å². The van der Waals surface area contributed by atoms with Crippen molar-refractivity contribution >= 4 is 5.91 Å². The third kappa shape index (κ3) is 7.89. The first-order valence-electron chi connectivity index (χ1n) is 14.6. The van der Waals surface area contributed by atoms with Crippen molar-refractivity contribution < 1.29 is 9.90 Å². The van der Waals surface area contributed by atoms with Gasteiger partial charge in [-0.3, -0.25) is 9.78 Å². The number of nitrogens with two attached hydrogens (primary N) is 1. The Morgan fingerprint density at radius 2 is 2.00 bits per heavy atom. The molecule has 0 radical (unpaired) electrons. The maximum Gasteiger partial charge on any atom is 0.250 e. The number of fused-ring (bicyclic) bond motifs is 1. The molecule has 0 saturated heterocycles. The third-order valence-electron chi connectivity index (χ3n) is 9.30. The van der Waals surface area contributed by atoms with E-state index in [1.165, 1.54) is 68.7 Å². The highest BCUT2D eigenvalue weighted by atomic mass is 16.3. The van der Waals surface area contributed by atoms with Gasteiger partial charge < -0.3 is 10.8 Å². The van der Waals surface area contributed by atoms with E-state index in [1.54, 1.807) is 23.9 Å². The molecule has 1 aromatic heterocycles. The van der Waals surface area contributed by atoms with E-state index in [1.807, 2.05) is 0 Å². The van der Waals surface area contributed by atoms with Crippen LogP contribution in [0.4, 0.5) is 0 Å². The highest BCUT2D eigenvalue weighted by Gasteiger charge is 2.50. The lowest BCUT2D eigenvalue weighted by Gasteiger charge is -2.44. The zero-order valence-electron chi connectivity index (χ0n) is 23.7. The van der Waals surface area contributed by atoms with Crippen molar-refractivity contribution in [1.29, 1.82) is 0 Å². The van der Waals surface area contributed by atoms with E-state index >= 15 is 0 Å². The molecule has 204 valence electrons. The Morgan fingerprint density at radius 1 is 1.22 bits per heavy atom. The summed E-state index contributed by atoms with van der Waals surface area (Å²) in [6.45, 7) is 14.1. The number of allylic oxidation sites excluding steroid dienone is 4. The van der Waals surface area contributed by atoms with Gasteiger partial charge in [0.2, 0.25) is 5.91 Å². The van der Waals surface area contributed by atoms with E-state index < -0.39 is 5.91 Å². The van der Waals surface area contributed by atoms with Crippen LogP contribution >= 0.6 is 0 Å². The Balaban J connectivity index is 0.000000356. The Hall–Kier alpha value is -2.20. The minimum absolute atomic E-state index is 0.172. The Bertz CT molecular complexity index is 964. The van der Waals surface area contributed by atoms with Crippen LogP contribution in [-0.2, 0) is 0 Å². The zero-order valence-corrected chi connectivity index (χ0v) is 23.7. The van der Waals surface area contributed by atoms with Crippen LogP contribution < -0.4 is 5.73 Å². The first kappa shape index (κ1) is 29.4. The van der Waals surface area contributed by atoms with Gasteiger partial charge in [0.15, 0.2) is 0 Å². The number of primary amides is 1. The molecule has 3 aliphatic rings. The Kier molecular flexibility index (Phi) is 10.8. The molecule has 3 N–H and O–H groups in total. The minimum atomic E-state index is -0.442. The van der Waals surface area contributed by atoms with Crippen LogP contribution in [-0.4, -0.2) is 22.1 Å². The molecule has 3 fully saturated rings. The number of carbonyl (C=O) groups is 1. The number of pyridine rings is 1. The normalized spacial score (nSPS) is 30.6. The average molecular weight is 507 g/mol. The van der Waals surface area contributed by atoms with Gasteiger partial charge >= 0.3 is 0 Å². The van der Waals surface area contributed by atoms with Crippen LogP contribution in [0, 0.1) is 29.1 Å². The van der Waals surface area contributed by atoms with Crippen molar-refractivity contribution in [3.8, 4) is 0 Å². The predicted octanol–water partition coefficient (Wildman–Crippen LogP) is 7.80. The predicted molar refractivity (Wildman–Crippen MR) is 154 cm³/mol. The molecule has 0 spiro atoms. The van der Waals surface area contributed by atoms with Crippen molar-refractivity contribution in [3.05, 3.63) is 65.5 Å². The molecular weight excluding hydrogens is 456 g/mol. The number of aliphatic hydroxyl groups is 1. The van der Waals surface area contributed by atoms with Gasteiger partial charge in [-0.2, -0.15) is 0 Å². The number of nitrogens with zero attached hydrogens (tertiary/aromatic N) is 1. The summed E-state index contributed by atoms with van der Waals surface area (Å²) in [5.41, 5.74) is 10.1. The van der Waals surface area contributed by atoms with Gasteiger partial charge in [0.25, 0.3) is 0 Å². The summed E-state index contributed by atoms with van der Waals surface area (Å²) in [6.07, 6.45) is 21.2. The van der Waals surface area contributed by atoms with Crippen molar-refractivity contribution in [2.24, 2.45) is 34.8 Å². The molecular formula is C33H50N2O2. The van der Waals surface area contributed by atoms with E-state index in [9.17, 15) is 9.90 Å². The summed E-state index contributed by atoms with van der Waals surface area (Å²) in [5.74, 6) is 2.93. The number of carbonyl (C=O) groups excluding carboxylic acids is 1. The average Bonchev–Trinajstić information content (AvgIpc) is 3.23. The van der Waals surface area contributed by atoms with Crippen LogP contribution in [0.25, 0.3) is 0 Å². The number of amides is 1. The lowest BCUT2D eigenvalue weighted by molar-refractivity contribution is 0.0928. The standard InChI is InChI=1S/C27H44O.C6H6N2O/c1-19(2)8-6-9-21(4)25-15-16-26-22(10-7-17-27(25,26)5)12-13-23-18-24(28)14-11-20(23)3;7-6(9)5-2-1-3-8-4-5/h12-13,19,21,24-26,28H,3,6-11,14-18H2,1-2,4-5H3;1-4H,(H2,7,9)/b22-12+,23-13-;/t21-,24+,25-,26+,27-;/m1./s1. The first-order chi connectivity index (χ1) is 17.6. The van der Waals surface area contributed by atoms with Gasteiger partial charge in [0.05, 0.1) is 11.7 Å². The summed E-state index contributed by atoms with van der Waals surface area (Å²) in [7, 11) is 0. The van der Waals surface area contributed by atoms with Gasteiger partial charge in [-0.25, -0.2) is 0 Å². The molecule has 1 aromatic rings. The second kappa shape index (κ2) is 13.6. The molecule has 0 aromatic carbocycles. The third-order valence-corrected chi connectivity index (χ3v) is 9.30. The molecule has 4 rings (SSSR count). The fraction of sp³-hybridized carbons (Fsp3) is 0.636. The van der Waals surface area contributed by atoms with E-state index in [0.29, 0.717) is 11.0 Å². The molecule has 3 saturated carbocycles. The van der Waals surface area contributed by atoms with Crippen molar-refractivity contribution in [2.75, 3.05) is 0 Å². The molecule has 1 heterocycles. The summed E-state index contributed by atoms with van der Waals surface area (Å²) in [5, 5.41) is 10.0. The summed E-state index contributed by atoms with van der Waals surface area (Å²) in [6, 6.07) is 3.29. The minimum Gasteiger partial charge on any atom is -0.393 e. The number of hydrogen-bond acceptors (Lipinski definition) is 3. The molecule has 4 heteroatoms. The quantitative estimate of drug-likeness (QED) is 0.396. The molecule has 37 heavy (non-hydrogen) atoms. The SMILES string of the molecule is C=C1CC[C@H](O)C/C1=C/C=C1\CCC[C@]2(C)[C@@H]([C@H](C)CCCC(C)C)CC[C@@H]12.NC(=O)c1cccnc1. The van der Waals surface area contributed by atoms with Gasteiger partial charge in [0.1, 0.15) is 0 Å². The van der Waals surface area contributed by atoms with Crippen molar-refractivity contribution in [3.63, 3.8) is 0 Å². The van der Waals surface area contributed by atoms with Gasteiger partial charge in [0, 0.05) is 12.4 Å². The maximum absolute atomic E-state index is 10.4. The van der Waals surface area contributed by atoms with Crippen LogP contribution in [0.3, 0.4) is 0 Å². The molecule has 5 atom stereocenters. The van der Waals surface area contributed by atoms with E-state index in [0.717, 1.165) is 42.9 Å². The topological polar surface area (TPSA) is 76.2 Å². The van der Waals surface area contributed by atoms with Crippen LogP contribution in [0.15, 0.2) is 60.0 Å². The fourth-order valence-corrected chi connectivity index (χ4v) is 7.17. The zero-order chi connectivity index (χ0) is 27.0. The van der Waals surface area contributed by atoms with Gasteiger partial charge in [-0.15, -0.1) is 0 Å². The summed E-state index contributed by atoms with van der Waals surface area (Å²) >= 11 is 0. The largest absolute Gasteiger partial charge is 0.393 e. The number of aliphatic hydroxyl groups excluding tert-OH is 1. The van der Waals surface area contributed by atoms with E-state index in [4.69, 9.17) is 5.73 Å². The number of hydrogen-bond donors (Lipinski definition) is 2. The highest BCUT2D eigenvalue weighted by Crippen LogP contribution is 2.60. The first-order valence-corrected chi connectivity index (χ1v) is 14.6.